The molecular weight excluding hydrogens is 136 g/mol. The topological polar surface area (TPSA) is 9.23 Å². The molecule has 1 atom stereocenters. The Labute approximate surface area is 72.1 Å². The number of rotatable bonds is 5. The van der Waals surface area contributed by atoms with E-state index >= 15 is 0 Å². The average molecular weight is 160 g/mol. The Bertz CT molecular complexity index is 52.8. The summed E-state index contributed by atoms with van der Waals surface area (Å²) in [5, 5.41) is 0. The first-order chi connectivity index (χ1) is 5.31. The van der Waals surface area contributed by atoms with Crippen molar-refractivity contribution in [3.63, 3.8) is 0 Å². The lowest BCUT2D eigenvalue weighted by Gasteiger charge is -2.09. The van der Waals surface area contributed by atoms with Gasteiger partial charge >= 0.3 is 0 Å². The molecule has 0 aromatic rings. The Balaban J connectivity index is 0. The third-order valence-electron chi connectivity index (χ3n) is 1.42. The van der Waals surface area contributed by atoms with Crippen LogP contribution in [-0.2, 0) is 4.74 Å². The maximum absolute atomic E-state index is 5.34. The predicted molar refractivity (Wildman–Crippen MR) is 52.0 cm³/mol. The van der Waals surface area contributed by atoms with Crippen LogP contribution in [0.15, 0.2) is 0 Å². The minimum Gasteiger partial charge on any atom is -0.379 e. The molecule has 1 unspecified atom stereocenters. The quantitative estimate of drug-likeness (QED) is 0.596. The van der Waals surface area contributed by atoms with Gasteiger partial charge in [-0.15, -0.1) is 0 Å². The van der Waals surface area contributed by atoms with E-state index in [9.17, 15) is 0 Å². The molecule has 0 aromatic heterocycles. The van der Waals surface area contributed by atoms with Gasteiger partial charge in [0.15, 0.2) is 0 Å². The van der Waals surface area contributed by atoms with Gasteiger partial charge in [-0.2, -0.15) is 0 Å². The summed E-state index contributed by atoms with van der Waals surface area (Å²) in [5.74, 6) is 0. The normalized spacial score (nSPS) is 11.7. The third kappa shape index (κ3) is 13.0. The second-order valence-electron chi connectivity index (χ2n) is 2.41. The highest BCUT2D eigenvalue weighted by Crippen LogP contribution is 2.02. The summed E-state index contributed by atoms with van der Waals surface area (Å²) >= 11 is 0. The maximum atomic E-state index is 5.34. The van der Waals surface area contributed by atoms with Crippen molar-refractivity contribution >= 4 is 0 Å². The van der Waals surface area contributed by atoms with E-state index in [0.717, 1.165) is 6.61 Å². The van der Waals surface area contributed by atoms with Gasteiger partial charge in [0.2, 0.25) is 0 Å². The van der Waals surface area contributed by atoms with Crippen molar-refractivity contribution in [3.05, 3.63) is 0 Å². The van der Waals surface area contributed by atoms with Crippen LogP contribution in [0.1, 0.15) is 53.9 Å². The molecule has 1 nitrogen and oxygen atoms in total. The second kappa shape index (κ2) is 12.6. The van der Waals surface area contributed by atoms with Crippen LogP contribution in [0, 0.1) is 0 Å². The summed E-state index contributed by atoms with van der Waals surface area (Å²) in [6.45, 7) is 11.2. The van der Waals surface area contributed by atoms with Crippen LogP contribution in [0.3, 0.4) is 0 Å². The van der Waals surface area contributed by atoms with E-state index in [1.54, 1.807) is 0 Å². The highest BCUT2D eigenvalue weighted by molar-refractivity contribution is 4.48. The standard InChI is InChI=1S/C8H18O.C2H6/c1-4-6-7-8(3)9-5-2;1-2/h8H,4-7H2,1-3H3;1-2H3. The fourth-order valence-corrected chi connectivity index (χ4v) is 0.859. The van der Waals surface area contributed by atoms with Crippen molar-refractivity contribution in [2.45, 2.75) is 60.0 Å². The zero-order valence-corrected chi connectivity index (χ0v) is 8.81. The molecule has 0 heterocycles. The lowest BCUT2D eigenvalue weighted by atomic mass is 10.2. The first-order valence-electron chi connectivity index (χ1n) is 4.92. The van der Waals surface area contributed by atoms with Crippen molar-refractivity contribution in [1.29, 1.82) is 0 Å². The Kier molecular flexibility index (Phi) is 15.5. The molecular formula is C10H24O. The predicted octanol–water partition coefficient (Wildman–Crippen LogP) is 3.63. The molecule has 0 aliphatic rings. The van der Waals surface area contributed by atoms with Gasteiger partial charge in [-0.3, -0.25) is 0 Å². The highest BCUT2D eigenvalue weighted by atomic mass is 16.5. The van der Waals surface area contributed by atoms with Crippen LogP contribution in [0.2, 0.25) is 0 Å². The van der Waals surface area contributed by atoms with Gasteiger partial charge in [-0.25, -0.2) is 0 Å². The Morgan fingerprint density at radius 1 is 1.18 bits per heavy atom. The molecule has 0 aromatic carbocycles. The number of hydrogen-bond acceptors (Lipinski definition) is 1. The molecule has 0 bridgehead atoms. The van der Waals surface area contributed by atoms with Crippen molar-refractivity contribution in [1.82, 2.24) is 0 Å². The molecule has 0 amide bonds. The maximum Gasteiger partial charge on any atom is 0.0546 e. The monoisotopic (exact) mass is 160 g/mol. The van der Waals surface area contributed by atoms with E-state index < -0.39 is 0 Å². The minimum atomic E-state index is 0.468. The van der Waals surface area contributed by atoms with Gasteiger partial charge in [0.1, 0.15) is 0 Å². The van der Waals surface area contributed by atoms with Gasteiger partial charge in [0.25, 0.3) is 0 Å². The summed E-state index contributed by atoms with van der Waals surface area (Å²) in [6, 6.07) is 0. The van der Waals surface area contributed by atoms with Crippen LogP contribution >= 0.6 is 0 Å². The van der Waals surface area contributed by atoms with Gasteiger partial charge in [0.05, 0.1) is 6.10 Å². The molecule has 70 valence electrons. The molecule has 0 saturated carbocycles. The zero-order chi connectivity index (χ0) is 9.11. The molecule has 0 aliphatic heterocycles. The van der Waals surface area contributed by atoms with Crippen LogP contribution in [0.25, 0.3) is 0 Å². The Morgan fingerprint density at radius 2 is 1.73 bits per heavy atom. The second-order valence-corrected chi connectivity index (χ2v) is 2.41. The first kappa shape index (κ1) is 13.5. The first-order valence-corrected chi connectivity index (χ1v) is 4.92. The van der Waals surface area contributed by atoms with Crippen molar-refractivity contribution < 1.29 is 4.74 Å². The minimum absolute atomic E-state index is 0.468. The number of hydrogen-bond donors (Lipinski definition) is 0. The molecule has 11 heavy (non-hydrogen) atoms. The van der Waals surface area contributed by atoms with E-state index in [2.05, 4.69) is 13.8 Å². The Hall–Kier alpha value is -0.0400. The summed E-state index contributed by atoms with van der Waals surface area (Å²) < 4.78 is 5.34. The van der Waals surface area contributed by atoms with Gasteiger partial charge in [-0.1, -0.05) is 33.6 Å². The highest BCUT2D eigenvalue weighted by Gasteiger charge is 1.97. The number of unbranched alkanes of at least 4 members (excludes halogenated alkanes) is 1. The molecule has 0 saturated heterocycles. The SMILES string of the molecule is CC.CCCCC(C)OCC. The fraction of sp³-hybridized carbons (Fsp3) is 1.00. The summed E-state index contributed by atoms with van der Waals surface area (Å²) in [4.78, 5) is 0. The Morgan fingerprint density at radius 3 is 2.09 bits per heavy atom. The molecule has 0 fully saturated rings. The van der Waals surface area contributed by atoms with E-state index in [1.807, 2.05) is 20.8 Å². The smallest absolute Gasteiger partial charge is 0.0546 e. The molecule has 0 radical (unpaired) electrons. The van der Waals surface area contributed by atoms with Gasteiger partial charge < -0.3 is 4.74 Å². The lowest BCUT2D eigenvalue weighted by Crippen LogP contribution is -2.06. The summed E-state index contributed by atoms with van der Waals surface area (Å²) in [5.41, 5.74) is 0. The van der Waals surface area contributed by atoms with Crippen LogP contribution in [0.5, 0.6) is 0 Å². The lowest BCUT2D eigenvalue weighted by molar-refractivity contribution is 0.0687. The van der Waals surface area contributed by atoms with E-state index in [4.69, 9.17) is 4.74 Å². The van der Waals surface area contributed by atoms with Crippen LogP contribution in [0.4, 0.5) is 0 Å². The zero-order valence-electron chi connectivity index (χ0n) is 8.81. The van der Waals surface area contributed by atoms with Crippen molar-refractivity contribution in [2.75, 3.05) is 6.61 Å². The average Bonchev–Trinajstić information content (AvgIpc) is 2.05. The molecule has 0 spiro atoms. The van der Waals surface area contributed by atoms with E-state index in [1.165, 1.54) is 19.3 Å². The van der Waals surface area contributed by atoms with E-state index in [0.29, 0.717) is 6.10 Å². The summed E-state index contributed by atoms with van der Waals surface area (Å²) in [7, 11) is 0. The molecule has 0 aliphatic carbocycles. The third-order valence-corrected chi connectivity index (χ3v) is 1.42. The van der Waals surface area contributed by atoms with Crippen molar-refractivity contribution in [3.8, 4) is 0 Å². The van der Waals surface area contributed by atoms with Crippen molar-refractivity contribution in [2.24, 2.45) is 0 Å². The summed E-state index contributed by atoms with van der Waals surface area (Å²) in [6.07, 6.45) is 4.25. The van der Waals surface area contributed by atoms with Gasteiger partial charge in [0, 0.05) is 6.61 Å². The largest absolute Gasteiger partial charge is 0.379 e. The molecule has 0 N–H and O–H groups in total. The molecule has 0 rings (SSSR count). The van der Waals surface area contributed by atoms with E-state index in [-0.39, 0.29) is 0 Å². The fourth-order valence-electron chi connectivity index (χ4n) is 0.859. The van der Waals surface area contributed by atoms with Crippen LogP contribution in [-0.4, -0.2) is 12.7 Å². The van der Waals surface area contributed by atoms with Gasteiger partial charge in [-0.05, 0) is 20.3 Å². The molecule has 1 heteroatoms. The van der Waals surface area contributed by atoms with Crippen LogP contribution < -0.4 is 0 Å². The number of ether oxygens (including phenoxy) is 1.